The van der Waals surface area contributed by atoms with Gasteiger partial charge >= 0.3 is 0 Å². The smallest absolute Gasteiger partial charge is 0.243 e. The number of benzene rings is 1. The molecular formula is C13H19BrN2O2S. The van der Waals surface area contributed by atoms with E-state index in [2.05, 4.69) is 15.9 Å². The van der Waals surface area contributed by atoms with Crippen molar-refractivity contribution in [3.05, 3.63) is 28.7 Å². The number of halogens is 1. The second-order valence-electron chi connectivity index (χ2n) is 4.96. The maximum absolute atomic E-state index is 12.8. The van der Waals surface area contributed by atoms with Crippen molar-refractivity contribution in [3.63, 3.8) is 0 Å². The van der Waals surface area contributed by atoms with Gasteiger partial charge in [0, 0.05) is 23.1 Å². The highest BCUT2D eigenvalue weighted by Crippen LogP contribution is 2.30. The van der Waals surface area contributed by atoms with Gasteiger partial charge in [-0.05, 0) is 38.0 Å². The van der Waals surface area contributed by atoms with E-state index in [1.54, 1.807) is 22.5 Å². The van der Waals surface area contributed by atoms with Crippen molar-refractivity contribution in [2.75, 3.05) is 6.54 Å². The van der Waals surface area contributed by atoms with Crippen LogP contribution in [-0.2, 0) is 10.0 Å². The van der Waals surface area contributed by atoms with E-state index in [-0.39, 0.29) is 12.1 Å². The normalized spacial score (nSPS) is 25.4. The van der Waals surface area contributed by atoms with Crippen LogP contribution in [-0.4, -0.2) is 31.4 Å². The zero-order chi connectivity index (χ0) is 14.0. The number of hydrogen-bond donors (Lipinski definition) is 1. The van der Waals surface area contributed by atoms with Crippen molar-refractivity contribution in [2.45, 2.75) is 43.2 Å². The SMILES string of the molecule is CC1CCCC(CN)N1S(=O)(=O)c1cccc(Br)c1. The lowest BCUT2D eigenvalue weighted by Crippen LogP contribution is -2.51. The summed E-state index contributed by atoms with van der Waals surface area (Å²) in [6, 6.07) is 6.75. The molecule has 1 aliphatic heterocycles. The van der Waals surface area contributed by atoms with E-state index in [9.17, 15) is 8.42 Å². The fraction of sp³-hybridized carbons (Fsp3) is 0.538. The van der Waals surface area contributed by atoms with Crippen molar-refractivity contribution in [2.24, 2.45) is 5.73 Å². The molecule has 2 rings (SSSR count). The van der Waals surface area contributed by atoms with E-state index in [0.717, 1.165) is 23.7 Å². The number of piperidine rings is 1. The molecule has 2 atom stereocenters. The third kappa shape index (κ3) is 3.02. The predicted octanol–water partition coefficient (Wildman–Crippen LogP) is 2.34. The average Bonchev–Trinajstić information content (AvgIpc) is 2.38. The quantitative estimate of drug-likeness (QED) is 0.913. The van der Waals surface area contributed by atoms with Crippen LogP contribution in [0.4, 0.5) is 0 Å². The van der Waals surface area contributed by atoms with Gasteiger partial charge in [0.2, 0.25) is 10.0 Å². The van der Waals surface area contributed by atoms with Crippen LogP contribution in [0.2, 0.25) is 0 Å². The number of hydrogen-bond acceptors (Lipinski definition) is 3. The second kappa shape index (κ2) is 5.91. The first kappa shape index (κ1) is 15.0. The molecule has 106 valence electrons. The molecule has 0 aromatic heterocycles. The third-order valence-electron chi connectivity index (χ3n) is 3.60. The summed E-state index contributed by atoms with van der Waals surface area (Å²) >= 11 is 3.32. The first-order valence-electron chi connectivity index (χ1n) is 6.46. The minimum atomic E-state index is -3.47. The van der Waals surface area contributed by atoms with Gasteiger partial charge in [-0.15, -0.1) is 0 Å². The van der Waals surface area contributed by atoms with Crippen LogP contribution in [0.25, 0.3) is 0 Å². The number of rotatable bonds is 3. The summed E-state index contributed by atoms with van der Waals surface area (Å²) in [5.74, 6) is 0. The third-order valence-corrected chi connectivity index (χ3v) is 6.15. The molecule has 1 aromatic rings. The number of nitrogens with two attached hydrogens (primary N) is 1. The molecule has 6 heteroatoms. The Balaban J connectivity index is 2.42. The van der Waals surface area contributed by atoms with Crippen LogP contribution in [0.3, 0.4) is 0 Å². The lowest BCUT2D eigenvalue weighted by molar-refractivity contribution is 0.196. The van der Waals surface area contributed by atoms with Gasteiger partial charge in [-0.3, -0.25) is 0 Å². The van der Waals surface area contributed by atoms with Gasteiger partial charge in [-0.2, -0.15) is 4.31 Å². The standard InChI is InChI=1S/C13H19BrN2O2S/c1-10-4-2-6-12(9-15)16(10)19(17,18)13-7-3-5-11(14)8-13/h3,5,7-8,10,12H,2,4,6,9,15H2,1H3. The minimum Gasteiger partial charge on any atom is -0.329 e. The van der Waals surface area contributed by atoms with Crippen LogP contribution in [0.5, 0.6) is 0 Å². The van der Waals surface area contributed by atoms with E-state index < -0.39 is 10.0 Å². The Morgan fingerprint density at radius 1 is 1.42 bits per heavy atom. The van der Waals surface area contributed by atoms with Crippen molar-refractivity contribution in [3.8, 4) is 0 Å². The monoisotopic (exact) mass is 346 g/mol. The molecule has 1 heterocycles. The van der Waals surface area contributed by atoms with Gasteiger partial charge in [0.1, 0.15) is 0 Å². The van der Waals surface area contributed by atoms with E-state index in [4.69, 9.17) is 5.73 Å². The average molecular weight is 347 g/mol. The van der Waals surface area contributed by atoms with Gasteiger partial charge in [0.15, 0.2) is 0 Å². The topological polar surface area (TPSA) is 63.4 Å². The maximum Gasteiger partial charge on any atom is 0.243 e. The molecule has 2 N–H and O–H groups in total. The van der Waals surface area contributed by atoms with Gasteiger partial charge in [0.25, 0.3) is 0 Å². The van der Waals surface area contributed by atoms with Gasteiger partial charge in [0.05, 0.1) is 4.90 Å². The number of sulfonamides is 1. The molecule has 19 heavy (non-hydrogen) atoms. The summed E-state index contributed by atoms with van der Waals surface area (Å²) in [5.41, 5.74) is 5.75. The summed E-state index contributed by atoms with van der Waals surface area (Å²) < 4.78 is 27.9. The zero-order valence-corrected chi connectivity index (χ0v) is 13.3. The fourth-order valence-electron chi connectivity index (χ4n) is 2.67. The van der Waals surface area contributed by atoms with Crippen LogP contribution in [0, 0.1) is 0 Å². The molecule has 2 unspecified atom stereocenters. The lowest BCUT2D eigenvalue weighted by Gasteiger charge is -2.39. The Morgan fingerprint density at radius 3 is 2.79 bits per heavy atom. The Hall–Kier alpha value is -0.430. The van der Waals surface area contributed by atoms with Crippen LogP contribution in [0.15, 0.2) is 33.6 Å². The Kier molecular flexibility index (Phi) is 4.66. The molecule has 0 radical (unpaired) electrons. The molecular weight excluding hydrogens is 328 g/mol. The van der Waals surface area contributed by atoms with Crippen LogP contribution in [0.1, 0.15) is 26.2 Å². The summed E-state index contributed by atoms with van der Waals surface area (Å²) in [5, 5.41) is 0. The Bertz CT molecular complexity index is 547. The summed E-state index contributed by atoms with van der Waals surface area (Å²) in [6.07, 6.45) is 2.77. The predicted molar refractivity (Wildman–Crippen MR) is 79.3 cm³/mol. The molecule has 0 saturated carbocycles. The van der Waals surface area contributed by atoms with Crippen molar-refractivity contribution < 1.29 is 8.42 Å². The largest absolute Gasteiger partial charge is 0.329 e. The molecule has 4 nitrogen and oxygen atoms in total. The minimum absolute atomic E-state index is 0.00582. The van der Waals surface area contributed by atoms with Crippen molar-refractivity contribution >= 4 is 26.0 Å². The number of nitrogens with zero attached hydrogens (tertiary/aromatic N) is 1. The summed E-state index contributed by atoms with van der Waals surface area (Å²) in [6.45, 7) is 2.33. The fourth-order valence-corrected chi connectivity index (χ4v) is 5.15. The molecule has 1 aromatic carbocycles. The highest BCUT2D eigenvalue weighted by Gasteiger charge is 2.37. The molecule has 1 aliphatic rings. The molecule has 0 bridgehead atoms. The Labute approximate surface area is 123 Å². The van der Waals surface area contributed by atoms with E-state index in [1.807, 2.05) is 13.0 Å². The van der Waals surface area contributed by atoms with Crippen LogP contribution < -0.4 is 5.73 Å². The highest BCUT2D eigenvalue weighted by atomic mass is 79.9. The summed E-state index contributed by atoms with van der Waals surface area (Å²) in [4.78, 5) is 0.328. The lowest BCUT2D eigenvalue weighted by atomic mass is 10.00. The summed E-state index contributed by atoms with van der Waals surface area (Å²) in [7, 11) is -3.47. The molecule has 0 amide bonds. The Morgan fingerprint density at radius 2 is 2.16 bits per heavy atom. The van der Waals surface area contributed by atoms with E-state index in [0.29, 0.717) is 11.4 Å². The zero-order valence-electron chi connectivity index (χ0n) is 10.9. The first-order chi connectivity index (χ1) is 8.96. The second-order valence-corrected chi connectivity index (χ2v) is 7.72. The van der Waals surface area contributed by atoms with Crippen molar-refractivity contribution in [1.29, 1.82) is 0 Å². The van der Waals surface area contributed by atoms with Gasteiger partial charge in [-0.25, -0.2) is 8.42 Å². The molecule has 0 spiro atoms. The molecule has 1 fully saturated rings. The molecule has 1 saturated heterocycles. The van der Waals surface area contributed by atoms with Crippen LogP contribution >= 0.6 is 15.9 Å². The maximum atomic E-state index is 12.8. The van der Waals surface area contributed by atoms with E-state index in [1.165, 1.54) is 0 Å². The first-order valence-corrected chi connectivity index (χ1v) is 8.69. The van der Waals surface area contributed by atoms with Gasteiger partial charge < -0.3 is 5.73 Å². The van der Waals surface area contributed by atoms with Gasteiger partial charge in [-0.1, -0.05) is 28.4 Å². The van der Waals surface area contributed by atoms with E-state index >= 15 is 0 Å². The van der Waals surface area contributed by atoms with Crippen molar-refractivity contribution in [1.82, 2.24) is 4.31 Å². The molecule has 0 aliphatic carbocycles. The highest BCUT2D eigenvalue weighted by molar-refractivity contribution is 9.10.